The standard InChI is InChI=1S/C16H13F2N3O2S/c1-24(22,23)14-8-5-9-19-16(14)21-13(10-12(20-21)15(17)18)11-6-3-2-4-7-11/h2-10,15H,1H3. The molecule has 0 fully saturated rings. The van der Waals surface area contributed by atoms with Crippen LogP contribution in [0, 0.1) is 0 Å². The average molecular weight is 349 g/mol. The Bertz CT molecular complexity index is 970. The minimum atomic E-state index is -3.60. The lowest BCUT2D eigenvalue weighted by molar-refractivity contribution is 0.145. The van der Waals surface area contributed by atoms with E-state index in [1.165, 1.54) is 24.4 Å². The SMILES string of the molecule is CS(=O)(=O)c1cccnc1-n1nc(C(F)F)cc1-c1ccccc1. The first-order valence-electron chi connectivity index (χ1n) is 6.97. The molecule has 5 nitrogen and oxygen atoms in total. The molecular weight excluding hydrogens is 336 g/mol. The van der Waals surface area contributed by atoms with Crippen molar-refractivity contribution in [3.8, 4) is 17.1 Å². The lowest BCUT2D eigenvalue weighted by Gasteiger charge is -2.10. The Morgan fingerprint density at radius 1 is 1.08 bits per heavy atom. The van der Waals surface area contributed by atoms with E-state index < -0.39 is 22.0 Å². The summed E-state index contributed by atoms with van der Waals surface area (Å²) in [6.45, 7) is 0. The van der Waals surface area contributed by atoms with Gasteiger partial charge in [0, 0.05) is 18.0 Å². The summed E-state index contributed by atoms with van der Waals surface area (Å²) in [5, 5.41) is 3.87. The van der Waals surface area contributed by atoms with Crippen molar-refractivity contribution in [1.82, 2.24) is 14.8 Å². The molecule has 2 heterocycles. The zero-order valence-electron chi connectivity index (χ0n) is 12.6. The van der Waals surface area contributed by atoms with Gasteiger partial charge in [-0.3, -0.25) is 0 Å². The first-order valence-corrected chi connectivity index (χ1v) is 8.86. The van der Waals surface area contributed by atoms with E-state index in [1.807, 2.05) is 0 Å². The first kappa shape index (κ1) is 16.3. The molecule has 0 unspecified atom stereocenters. The van der Waals surface area contributed by atoms with Crippen molar-refractivity contribution in [1.29, 1.82) is 0 Å². The van der Waals surface area contributed by atoms with Crippen LogP contribution >= 0.6 is 0 Å². The third kappa shape index (κ3) is 3.05. The third-order valence-electron chi connectivity index (χ3n) is 3.37. The number of nitrogens with zero attached hydrogens (tertiary/aromatic N) is 3. The molecule has 0 aliphatic rings. The van der Waals surface area contributed by atoms with Crippen LogP contribution in [0.4, 0.5) is 8.78 Å². The molecule has 0 aliphatic heterocycles. The number of benzene rings is 1. The Balaban J connectivity index is 2.30. The van der Waals surface area contributed by atoms with Crippen LogP contribution in [0.3, 0.4) is 0 Å². The maximum Gasteiger partial charge on any atom is 0.282 e. The van der Waals surface area contributed by atoms with E-state index in [0.29, 0.717) is 11.3 Å². The summed E-state index contributed by atoms with van der Waals surface area (Å²) >= 11 is 0. The fraction of sp³-hybridized carbons (Fsp3) is 0.125. The van der Waals surface area contributed by atoms with E-state index in [9.17, 15) is 17.2 Å². The molecule has 124 valence electrons. The molecule has 0 saturated carbocycles. The second kappa shape index (κ2) is 6.12. The summed E-state index contributed by atoms with van der Waals surface area (Å²) in [4.78, 5) is 3.97. The van der Waals surface area contributed by atoms with Crippen LogP contribution in [-0.2, 0) is 9.84 Å². The molecule has 0 atom stereocenters. The van der Waals surface area contributed by atoms with E-state index in [-0.39, 0.29) is 10.7 Å². The summed E-state index contributed by atoms with van der Waals surface area (Å²) in [7, 11) is -3.60. The molecule has 0 radical (unpaired) electrons. The lowest BCUT2D eigenvalue weighted by Crippen LogP contribution is -2.09. The molecular formula is C16H13F2N3O2S. The van der Waals surface area contributed by atoms with Gasteiger partial charge in [-0.1, -0.05) is 30.3 Å². The molecule has 0 saturated heterocycles. The Kier molecular flexibility index (Phi) is 4.15. The van der Waals surface area contributed by atoms with Gasteiger partial charge in [0.2, 0.25) is 0 Å². The Hall–Kier alpha value is -2.61. The van der Waals surface area contributed by atoms with Gasteiger partial charge >= 0.3 is 0 Å². The van der Waals surface area contributed by atoms with E-state index in [4.69, 9.17) is 0 Å². The van der Waals surface area contributed by atoms with Gasteiger partial charge in [-0.05, 0) is 18.2 Å². The number of pyridine rings is 1. The van der Waals surface area contributed by atoms with Crippen LogP contribution in [0.15, 0.2) is 59.6 Å². The predicted molar refractivity (Wildman–Crippen MR) is 84.9 cm³/mol. The molecule has 3 rings (SSSR count). The highest BCUT2D eigenvalue weighted by Gasteiger charge is 2.22. The van der Waals surface area contributed by atoms with Crippen molar-refractivity contribution in [2.75, 3.05) is 6.26 Å². The summed E-state index contributed by atoms with van der Waals surface area (Å²) in [6, 6.07) is 12.8. The molecule has 0 amide bonds. The van der Waals surface area contributed by atoms with Gasteiger partial charge in [0.1, 0.15) is 10.6 Å². The van der Waals surface area contributed by atoms with Crippen LogP contribution in [0.5, 0.6) is 0 Å². The normalized spacial score (nSPS) is 11.8. The van der Waals surface area contributed by atoms with E-state index in [2.05, 4.69) is 10.1 Å². The molecule has 0 aliphatic carbocycles. The van der Waals surface area contributed by atoms with Crippen LogP contribution in [0.25, 0.3) is 17.1 Å². The van der Waals surface area contributed by atoms with Crippen LogP contribution in [0.1, 0.15) is 12.1 Å². The molecule has 1 aromatic carbocycles. The predicted octanol–water partition coefficient (Wildman–Crippen LogP) is 3.28. The minimum Gasteiger partial charge on any atom is -0.236 e. The number of aromatic nitrogens is 3. The molecule has 0 bridgehead atoms. The number of sulfone groups is 1. The van der Waals surface area contributed by atoms with Gasteiger partial charge in [0.05, 0.1) is 5.69 Å². The fourth-order valence-corrected chi connectivity index (χ4v) is 3.11. The second-order valence-electron chi connectivity index (χ2n) is 5.13. The molecule has 2 aromatic heterocycles. The Morgan fingerprint density at radius 3 is 2.42 bits per heavy atom. The van der Waals surface area contributed by atoms with E-state index in [0.717, 1.165) is 10.9 Å². The smallest absolute Gasteiger partial charge is 0.236 e. The number of hydrogen-bond donors (Lipinski definition) is 0. The molecule has 0 spiro atoms. The fourth-order valence-electron chi connectivity index (χ4n) is 2.31. The third-order valence-corrected chi connectivity index (χ3v) is 4.49. The monoisotopic (exact) mass is 349 g/mol. The molecule has 0 N–H and O–H groups in total. The van der Waals surface area contributed by atoms with Gasteiger partial charge in [0.15, 0.2) is 15.7 Å². The minimum absolute atomic E-state index is 0.00856. The van der Waals surface area contributed by atoms with E-state index >= 15 is 0 Å². The zero-order valence-corrected chi connectivity index (χ0v) is 13.4. The van der Waals surface area contributed by atoms with Crippen molar-refractivity contribution >= 4 is 9.84 Å². The van der Waals surface area contributed by atoms with Crippen molar-refractivity contribution in [3.05, 3.63) is 60.4 Å². The van der Waals surface area contributed by atoms with Crippen molar-refractivity contribution in [3.63, 3.8) is 0 Å². The topological polar surface area (TPSA) is 64.8 Å². The van der Waals surface area contributed by atoms with Gasteiger partial charge in [-0.2, -0.15) is 5.10 Å². The highest BCUT2D eigenvalue weighted by Crippen LogP contribution is 2.29. The maximum atomic E-state index is 13.1. The molecule has 8 heteroatoms. The summed E-state index contributed by atoms with van der Waals surface area (Å²) in [5.74, 6) is -0.00856. The summed E-state index contributed by atoms with van der Waals surface area (Å²) < 4.78 is 51.3. The zero-order chi connectivity index (χ0) is 17.3. The highest BCUT2D eigenvalue weighted by molar-refractivity contribution is 7.90. The first-order chi connectivity index (χ1) is 11.4. The Morgan fingerprint density at radius 2 is 1.79 bits per heavy atom. The highest BCUT2D eigenvalue weighted by atomic mass is 32.2. The van der Waals surface area contributed by atoms with Crippen molar-refractivity contribution in [2.24, 2.45) is 0 Å². The number of halogens is 2. The molecule has 24 heavy (non-hydrogen) atoms. The van der Waals surface area contributed by atoms with Crippen molar-refractivity contribution < 1.29 is 17.2 Å². The van der Waals surface area contributed by atoms with Crippen LogP contribution < -0.4 is 0 Å². The number of rotatable bonds is 4. The number of hydrogen-bond acceptors (Lipinski definition) is 4. The summed E-state index contributed by atoms with van der Waals surface area (Å²) in [5.41, 5.74) is 0.524. The number of alkyl halides is 2. The van der Waals surface area contributed by atoms with E-state index in [1.54, 1.807) is 30.3 Å². The maximum absolute atomic E-state index is 13.1. The van der Waals surface area contributed by atoms with Gasteiger partial charge in [0.25, 0.3) is 6.43 Å². The largest absolute Gasteiger partial charge is 0.282 e. The quantitative estimate of drug-likeness (QED) is 0.725. The van der Waals surface area contributed by atoms with Crippen LogP contribution in [0.2, 0.25) is 0 Å². The molecule has 3 aromatic rings. The van der Waals surface area contributed by atoms with Gasteiger partial charge < -0.3 is 0 Å². The summed E-state index contributed by atoms with van der Waals surface area (Å²) in [6.07, 6.45) is -0.352. The average Bonchev–Trinajstić information content (AvgIpc) is 3.00. The second-order valence-corrected chi connectivity index (χ2v) is 7.11. The van der Waals surface area contributed by atoms with Gasteiger partial charge in [-0.15, -0.1) is 0 Å². The van der Waals surface area contributed by atoms with Gasteiger partial charge in [-0.25, -0.2) is 26.9 Å². The van der Waals surface area contributed by atoms with Crippen molar-refractivity contribution in [2.45, 2.75) is 11.3 Å². The lowest BCUT2D eigenvalue weighted by atomic mass is 10.1. The van der Waals surface area contributed by atoms with Crippen LogP contribution in [-0.4, -0.2) is 29.4 Å². The Labute approximate surface area is 137 Å².